The van der Waals surface area contributed by atoms with Crippen LogP contribution in [0.15, 0.2) is 24.3 Å². The van der Waals surface area contributed by atoms with Crippen LogP contribution in [0.1, 0.15) is 63.1 Å². The zero-order valence-electron chi connectivity index (χ0n) is 13.4. The number of amides is 2. The van der Waals surface area contributed by atoms with Crippen molar-refractivity contribution < 1.29 is 9.90 Å². The molecule has 0 bridgehead atoms. The molecule has 1 saturated carbocycles. The number of hydrogen-bond acceptors (Lipinski definition) is 2. The number of nitrogens with one attached hydrogen (secondary N) is 2. The van der Waals surface area contributed by atoms with E-state index in [-0.39, 0.29) is 29.6 Å². The molecule has 1 unspecified atom stereocenters. The van der Waals surface area contributed by atoms with Crippen LogP contribution in [0.25, 0.3) is 0 Å². The van der Waals surface area contributed by atoms with Crippen molar-refractivity contribution in [3.8, 4) is 0 Å². The molecule has 2 amide bonds. The lowest BCUT2D eigenvalue weighted by molar-refractivity contribution is 0.117. The van der Waals surface area contributed by atoms with E-state index in [0.717, 1.165) is 32.1 Å². The van der Waals surface area contributed by atoms with E-state index in [1.54, 1.807) is 0 Å². The third kappa shape index (κ3) is 3.12. The second-order valence-electron chi connectivity index (χ2n) is 7.35. The van der Waals surface area contributed by atoms with E-state index < -0.39 is 0 Å². The molecular weight excluding hydrogens is 276 g/mol. The number of fused-ring (bicyclic) bond motifs is 1. The second-order valence-corrected chi connectivity index (χ2v) is 7.35. The first-order valence-corrected chi connectivity index (χ1v) is 8.30. The number of benzene rings is 1. The Morgan fingerprint density at radius 2 is 1.82 bits per heavy atom. The summed E-state index contributed by atoms with van der Waals surface area (Å²) in [6, 6.07) is 8.57. The zero-order valence-corrected chi connectivity index (χ0v) is 13.4. The normalized spacial score (nSPS) is 29.7. The lowest BCUT2D eigenvalue weighted by atomic mass is 9.86. The lowest BCUT2D eigenvalue weighted by Crippen LogP contribution is -2.45. The van der Waals surface area contributed by atoms with Crippen LogP contribution < -0.4 is 10.6 Å². The first-order valence-electron chi connectivity index (χ1n) is 8.30. The molecule has 2 aliphatic carbocycles. The maximum atomic E-state index is 12.3. The third-order valence-corrected chi connectivity index (χ3v) is 5.12. The lowest BCUT2D eigenvalue weighted by Gasteiger charge is -2.27. The predicted molar refractivity (Wildman–Crippen MR) is 86.8 cm³/mol. The molecule has 2 aliphatic rings. The van der Waals surface area contributed by atoms with Crippen LogP contribution in [-0.2, 0) is 5.41 Å². The Bertz CT molecular complexity index is 548. The fourth-order valence-corrected chi connectivity index (χ4v) is 3.88. The number of rotatable bonds is 2. The highest BCUT2D eigenvalue weighted by molar-refractivity contribution is 5.75. The minimum Gasteiger partial charge on any atom is -0.393 e. The van der Waals surface area contributed by atoms with E-state index in [0.29, 0.717) is 0 Å². The van der Waals surface area contributed by atoms with Gasteiger partial charge in [0.25, 0.3) is 0 Å². The summed E-state index contributed by atoms with van der Waals surface area (Å²) in [5.41, 5.74) is 2.67. The van der Waals surface area contributed by atoms with Gasteiger partial charge >= 0.3 is 6.03 Å². The van der Waals surface area contributed by atoms with Gasteiger partial charge < -0.3 is 15.7 Å². The number of aliphatic hydroxyl groups is 1. The van der Waals surface area contributed by atoms with Crippen LogP contribution in [0.3, 0.4) is 0 Å². The smallest absolute Gasteiger partial charge is 0.315 e. The number of aliphatic hydroxyl groups excluding tert-OH is 1. The average Bonchev–Trinajstić information content (AvgIpc) is 2.73. The van der Waals surface area contributed by atoms with Crippen LogP contribution in [-0.4, -0.2) is 23.3 Å². The highest BCUT2D eigenvalue weighted by Crippen LogP contribution is 2.44. The summed E-state index contributed by atoms with van der Waals surface area (Å²) in [6.07, 6.45) is 4.03. The van der Waals surface area contributed by atoms with Crippen LogP contribution in [0.2, 0.25) is 0 Å². The van der Waals surface area contributed by atoms with Crippen molar-refractivity contribution in [1.82, 2.24) is 10.6 Å². The summed E-state index contributed by atoms with van der Waals surface area (Å²) in [6.45, 7) is 4.46. The molecule has 1 fully saturated rings. The molecule has 3 N–H and O–H groups in total. The molecule has 0 radical (unpaired) electrons. The van der Waals surface area contributed by atoms with Crippen LogP contribution in [0.4, 0.5) is 4.79 Å². The summed E-state index contributed by atoms with van der Waals surface area (Å²) in [7, 11) is 0. The molecule has 4 heteroatoms. The van der Waals surface area contributed by atoms with E-state index in [1.165, 1.54) is 11.1 Å². The van der Waals surface area contributed by atoms with Gasteiger partial charge in [-0.25, -0.2) is 4.79 Å². The number of urea groups is 1. The molecule has 120 valence electrons. The molecule has 0 saturated heterocycles. The zero-order chi connectivity index (χ0) is 15.7. The minimum atomic E-state index is -0.191. The standard InChI is InChI=1S/C18H26N2O2/c1-18(2)11-16(14-5-3-4-6-15(14)18)20-17(22)19-12-7-9-13(21)10-8-12/h3-6,12-13,16,21H,7-11H2,1-2H3,(H2,19,20,22). The third-order valence-electron chi connectivity index (χ3n) is 5.12. The fourth-order valence-electron chi connectivity index (χ4n) is 3.88. The van der Waals surface area contributed by atoms with Gasteiger partial charge in [-0.2, -0.15) is 0 Å². The maximum Gasteiger partial charge on any atom is 0.315 e. The molecule has 0 aromatic heterocycles. The summed E-state index contributed by atoms with van der Waals surface area (Å²) < 4.78 is 0. The molecular formula is C18H26N2O2. The molecule has 1 atom stereocenters. The van der Waals surface area contributed by atoms with E-state index >= 15 is 0 Å². The van der Waals surface area contributed by atoms with Gasteiger partial charge in [0.2, 0.25) is 0 Å². The Morgan fingerprint density at radius 3 is 2.55 bits per heavy atom. The second kappa shape index (κ2) is 5.92. The van der Waals surface area contributed by atoms with Crippen molar-refractivity contribution in [1.29, 1.82) is 0 Å². The van der Waals surface area contributed by atoms with Crippen molar-refractivity contribution in [3.05, 3.63) is 35.4 Å². The van der Waals surface area contributed by atoms with Crippen molar-refractivity contribution >= 4 is 6.03 Å². The summed E-state index contributed by atoms with van der Waals surface area (Å²) in [5.74, 6) is 0. The van der Waals surface area contributed by atoms with Gasteiger partial charge in [-0.05, 0) is 48.6 Å². The largest absolute Gasteiger partial charge is 0.393 e. The van der Waals surface area contributed by atoms with Gasteiger partial charge in [0, 0.05) is 6.04 Å². The van der Waals surface area contributed by atoms with Crippen molar-refractivity contribution in [2.24, 2.45) is 0 Å². The first-order chi connectivity index (χ1) is 10.5. The molecule has 0 heterocycles. The predicted octanol–water partition coefficient (Wildman–Crippen LogP) is 3.01. The van der Waals surface area contributed by atoms with Crippen LogP contribution >= 0.6 is 0 Å². The summed E-state index contributed by atoms with van der Waals surface area (Å²) in [5, 5.41) is 15.7. The van der Waals surface area contributed by atoms with Crippen molar-refractivity contribution in [2.45, 2.75) is 69.6 Å². The Labute approximate surface area is 132 Å². The van der Waals surface area contributed by atoms with Gasteiger partial charge in [0.15, 0.2) is 0 Å². The summed E-state index contributed by atoms with van der Waals surface area (Å²) in [4.78, 5) is 12.3. The van der Waals surface area contributed by atoms with E-state index in [9.17, 15) is 9.90 Å². The first kappa shape index (κ1) is 15.3. The Morgan fingerprint density at radius 1 is 1.14 bits per heavy atom. The van der Waals surface area contributed by atoms with Crippen LogP contribution in [0, 0.1) is 0 Å². The molecule has 1 aromatic rings. The van der Waals surface area contributed by atoms with E-state index in [2.05, 4.69) is 42.7 Å². The number of carbonyl (C=O) groups is 1. The Hall–Kier alpha value is -1.55. The van der Waals surface area contributed by atoms with E-state index in [1.807, 2.05) is 6.07 Å². The highest BCUT2D eigenvalue weighted by atomic mass is 16.3. The summed E-state index contributed by atoms with van der Waals surface area (Å²) >= 11 is 0. The Kier molecular flexibility index (Phi) is 4.13. The minimum absolute atomic E-state index is 0.0837. The van der Waals surface area contributed by atoms with E-state index in [4.69, 9.17) is 0 Å². The van der Waals surface area contributed by atoms with Gasteiger partial charge in [0.1, 0.15) is 0 Å². The number of hydrogen-bond donors (Lipinski definition) is 3. The van der Waals surface area contributed by atoms with Crippen molar-refractivity contribution in [3.63, 3.8) is 0 Å². The molecule has 22 heavy (non-hydrogen) atoms. The molecule has 3 rings (SSSR count). The SMILES string of the molecule is CC1(C)CC(NC(=O)NC2CCC(O)CC2)c2ccccc21. The molecule has 0 spiro atoms. The fraction of sp³-hybridized carbons (Fsp3) is 0.611. The monoisotopic (exact) mass is 302 g/mol. The van der Waals surface area contributed by atoms with Gasteiger partial charge in [-0.15, -0.1) is 0 Å². The molecule has 4 nitrogen and oxygen atoms in total. The average molecular weight is 302 g/mol. The maximum absolute atomic E-state index is 12.3. The molecule has 0 aliphatic heterocycles. The van der Waals surface area contributed by atoms with Gasteiger partial charge in [-0.3, -0.25) is 0 Å². The van der Waals surface area contributed by atoms with Gasteiger partial charge in [0.05, 0.1) is 12.1 Å². The Balaban J connectivity index is 1.61. The van der Waals surface area contributed by atoms with Crippen molar-refractivity contribution in [2.75, 3.05) is 0 Å². The quantitative estimate of drug-likeness (QED) is 0.786. The topological polar surface area (TPSA) is 61.4 Å². The van der Waals surface area contributed by atoms with Gasteiger partial charge in [-0.1, -0.05) is 38.1 Å². The number of carbonyl (C=O) groups excluding carboxylic acids is 1. The van der Waals surface area contributed by atoms with Crippen LogP contribution in [0.5, 0.6) is 0 Å². The molecule has 1 aromatic carbocycles. The highest BCUT2D eigenvalue weighted by Gasteiger charge is 2.37.